The fourth-order valence-electron chi connectivity index (χ4n) is 3.97. The lowest BCUT2D eigenvalue weighted by molar-refractivity contribution is 0.0696. The zero-order valence-corrected chi connectivity index (χ0v) is 22.6. The van der Waals surface area contributed by atoms with E-state index in [0.29, 0.717) is 23.0 Å². The maximum absolute atomic E-state index is 15.5. The van der Waals surface area contributed by atoms with Crippen LogP contribution in [0.4, 0.5) is 8.78 Å². The van der Waals surface area contributed by atoms with Crippen molar-refractivity contribution in [1.82, 2.24) is 14.9 Å². The van der Waals surface area contributed by atoms with Crippen molar-refractivity contribution in [3.63, 3.8) is 0 Å². The van der Waals surface area contributed by atoms with Crippen LogP contribution < -0.4 is 15.2 Å². The number of nitrogens with zero attached hydrogens (tertiary/aromatic N) is 4. The molecule has 0 radical (unpaired) electrons. The Hall–Kier alpha value is -5.24. The second kappa shape index (κ2) is 11.7. The van der Waals surface area contributed by atoms with Crippen molar-refractivity contribution in [2.75, 3.05) is 13.6 Å². The van der Waals surface area contributed by atoms with Gasteiger partial charge in [-0.2, -0.15) is 4.39 Å². The highest BCUT2D eigenvalue weighted by Crippen LogP contribution is 2.38. The number of ether oxygens (including phenoxy) is 2. The maximum Gasteiger partial charge on any atom is 0.337 e. The molecular formula is C28H22F2N6O5S. The van der Waals surface area contributed by atoms with E-state index in [1.165, 1.54) is 48.3 Å². The zero-order chi connectivity index (χ0) is 30.0. The number of aromatic hydroxyl groups is 1. The number of nitrogens with two attached hydrogens (primary N) is 1. The number of aromatic carboxylic acids is 1. The maximum atomic E-state index is 15.5. The molecule has 0 amide bonds. The molecule has 1 aliphatic rings. The standard InChI is InChI=1S/C28H22F2N6O5S/c1-36-13-22(42-21-9-7-15(11-33-21)28(38)39)35-26(36)16-4-2-3-5-19(16)40-24-17(29)12-34-27(23(24)30)41-20-10-14(25(31)32)6-8-18(20)37/h2-12,22,37H,13H2,1H3,(H3,31,32)(H,38,39). The summed E-state index contributed by atoms with van der Waals surface area (Å²) in [6.07, 6.45) is 1.99. The summed E-state index contributed by atoms with van der Waals surface area (Å²) in [4.78, 5) is 25.5. The van der Waals surface area contributed by atoms with Crippen LogP contribution in [0.25, 0.3) is 0 Å². The highest BCUT2D eigenvalue weighted by molar-refractivity contribution is 7.99. The van der Waals surface area contributed by atoms with Crippen LogP contribution in [0.5, 0.6) is 28.9 Å². The third-order valence-corrected chi connectivity index (χ3v) is 7.02. The number of benzene rings is 2. The van der Waals surface area contributed by atoms with Crippen molar-refractivity contribution in [3.8, 4) is 28.9 Å². The van der Waals surface area contributed by atoms with Gasteiger partial charge in [-0.1, -0.05) is 23.9 Å². The largest absolute Gasteiger partial charge is 0.504 e. The third-order valence-electron chi connectivity index (χ3n) is 6.01. The molecular weight excluding hydrogens is 570 g/mol. The molecule has 1 atom stereocenters. The molecule has 11 nitrogen and oxygen atoms in total. The number of para-hydroxylation sites is 1. The van der Waals surface area contributed by atoms with Crippen LogP contribution in [0.2, 0.25) is 0 Å². The predicted octanol–water partition coefficient (Wildman–Crippen LogP) is 4.84. The predicted molar refractivity (Wildman–Crippen MR) is 150 cm³/mol. The highest BCUT2D eigenvalue weighted by atomic mass is 32.2. The Kier molecular flexibility index (Phi) is 7.88. The number of pyridine rings is 2. The molecule has 1 aliphatic heterocycles. The number of thioether (sulfide) groups is 1. The van der Waals surface area contributed by atoms with E-state index in [1.807, 2.05) is 4.90 Å². The van der Waals surface area contributed by atoms with Gasteiger partial charge in [0.15, 0.2) is 17.3 Å². The number of halogens is 2. The minimum atomic E-state index is -1.26. The van der Waals surface area contributed by atoms with Gasteiger partial charge in [-0.15, -0.1) is 0 Å². The Bertz CT molecular complexity index is 1720. The number of rotatable bonds is 9. The number of phenolic OH excluding ortho intramolecular Hbond substituents is 1. The van der Waals surface area contributed by atoms with Crippen molar-refractivity contribution >= 4 is 29.4 Å². The van der Waals surface area contributed by atoms with Crippen molar-refractivity contribution in [3.05, 3.63) is 95.3 Å². The lowest BCUT2D eigenvalue weighted by Crippen LogP contribution is -2.25. The van der Waals surface area contributed by atoms with Crippen molar-refractivity contribution in [2.24, 2.45) is 10.7 Å². The number of aliphatic imine (C=N–C) groups is 1. The van der Waals surface area contributed by atoms with Gasteiger partial charge in [0, 0.05) is 18.8 Å². The molecule has 5 rings (SSSR count). The molecule has 42 heavy (non-hydrogen) atoms. The molecule has 214 valence electrons. The minimum absolute atomic E-state index is 0.0728. The number of hydrogen-bond donors (Lipinski definition) is 4. The molecule has 5 N–H and O–H groups in total. The first-order valence-electron chi connectivity index (χ1n) is 12.2. The molecule has 0 saturated carbocycles. The molecule has 4 aromatic rings. The smallest absolute Gasteiger partial charge is 0.337 e. The number of carboxylic acids is 1. The van der Waals surface area contributed by atoms with Gasteiger partial charge in [-0.25, -0.2) is 19.2 Å². The monoisotopic (exact) mass is 592 g/mol. The molecule has 0 saturated heterocycles. The zero-order valence-electron chi connectivity index (χ0n) is 21.8. The van der Waals surface area contributed by atoms with Crippen LogP contribution in [0, 0.1) is 17.0 Å². The number of carboxylic acid groups (broad SMARTS) is 1. The quantitative estimate of drug-likeness (QED) is 0.156. The summed E-state index contributed by atoms with van der Waals surface area (Å²) in [5, 5.41) is 27.0. The van der Waals surface area contributed by atoms with Crippen LogP contribution in [-0.4, -0.2) is 61.7 Å². The van der Waals surface area contributed by atoms with Gasteiger partial charge >= 0.3 is 5.97 Å². The number of likely N-dealkylation sites (N-methyl/N-ethyl adjacent to an activating group) is 1. The van der Waals surface area contributed by atoms with E-state index >= 15 is 4.39 Å². The molecule has 3 heterocycles. The molecule has 0 bridgehead atoms. The molecule has 0 fully saturated rings. The molecule has 1 unspecified atom stereocenters. The van der Waals surface area contributed by atoms with Gasteiger partial charge < -0.3 is 30.3 Å². The summed E-state index contributed by atoms with van der Waals surface area (Å²) < 4.78 is 41.4. The van der Waals surface area contributed by atoms with Crippen molar-refractivity contribution in [2.45, 2.75) is 10.4 Å². The van der Waals surface area contributed by atoms with Gasteiger partial charge in [-0.3, -0.25) is 10.4 Å². The van der Waals surface area contributed by atoms with E-state index in [1.54, 1.807) is 31.3 Å². The number of phenols is 1. The Morgan fingerprint density at radius 3 is 2.55 bits per heavy atom. The van der Waals surface area contributed by atoms with E-state index in [-0.39, 0.29) is 39.6 Å². The fraction of sp³-hybridized carbons (Fsp3) is 0.107. The fourth-order valence-corrected chi connectivity index (χ4v) is 4.96. The van der Waals surface area contributed by atoms with E-state index in [2.05, 4.69) is 9.97 Å². The number of amidine groups is 2. The van der Waals surface area contributed by atoms with E-state index in [0.717, 1.165) is 6.20 Å². The van der Waals surface area contributed by atoms with Crippen molar-refractivity contribution in [1.29, 1.82) is 5.41 Å². The second-order valence-corrected chi connectivity index (χ2v) is 10.1. The number of carbonyl (C=O) groups is 1. The SMILES string of the molecule is CN1CC(Sc2ccc(C(=O)O)cn2)N=C1c1ccccc1Oc1c(F)cnc(Oc2cc(C(=N)N)ccc2O)c1F. The molecule has 2 aromatic carbocycles. The summed E-state index contributed by atoms with van der Waals surface area (Å²) in [6, 6.07) is 13.4. The average molecular weight is 593 g/mol. The Labute approximate surface area is 241 Å². The first-order valence-corrected chi connectivity index (χ1v) is 13.1. The molecule has 0 spiro atoms. The number of nitrogen functional groups attached to an aromatic ring is 1. The summed E-state index contributed by atoms with van der Waals surface area (Å²) in [5.41, 5.74) is 6.22. The Balaban J connectivity index is 1.41. The number of hydrogen-bond acceptors (Lipinski definition) is 10. The topological polar surface area (TPSA) is 167 Å². The van der Waals surface area contributed by atoms with Gasteiger partial charge in [-0.05, 0) is 42.5 Å². The number of nitrogens with one attached hydrogen (secondary N) is 1. The summed E-state index contributed by atoms with van der Waals surface area (Å²) in [6.45, 7) is 0.482. The minimum Gasteiger partial charge on any atom is -0.504 e. The summed E-state index contributed by atoms with van der Waals surface area (Å²) >= 11 is 1.33. The Morgan fingerprint density at radius 2 is 1.83 bits per heavy atom. The third kappa shape index (κ3) is 5.93. The summed E-state index contributed by atoms with van der Waals surface area (Å²) in [7, 11) is 1.80. The van der Waals surface area contributed by atoms with Crippen LogP contribution >= 0.6 is 11.8 Å². The van der Waals surface area contributed by atoms with E-state index < -0.39 is 29.2 Å². The second-order valence-electron chi connectivity index (χ2n) is 8.95. The lowest BCUT2D eigenvalue weighted by Gasteiger charge is -2.18. The van der Waals surface area contributed by atoms with Crippen LogP contribution in [0.3, 0.4) is 0 Å². The van der Waals surface area contributed by atoms with E-state index in [9.17, 15) is 14.3 Å². The van der Waals surface area contributed by atoms with Gasteiger partial charge in [0.2, 0.25) is 11.6 Å². The van der Waals surface area contributed by atoms with Crippen LogP contribution in [0.15, 0.2) is 77.0 Å². The average Bonchev–Trinajstić information content (AvgIpc) is 3.33. The molecule has 14 heteroatoms. The summed E-state index contributed by atoms with van der Waals surface area (Å²) in [5.74, 6) is -5.20. The van der Waals surface area contributed by atoms with Crippen molar-refractivity contribution < 1.29 is 33.3 Å². The van der Waals surface area contributed by atoms with Gasteiger partial charge in [0.25, 0.3) is 5.88 Å². The molecule has 2 aromatic heterocycles. The van der Waals surface area contributed by atoms with Gasteiger partial charge in [0.05, 0.1) is 28.9 Å². The van der Waals surface area contributed by atoms with Crippen LogP contribution in [0.1, 0.15) is 21.5 Å². The Morgan fingerprint density at radius 1 is 1.07 bits per heavy atom. The molecule has 0 aliphatic carbocycles. The first kappa shape index (κ1) is 28.3. The van der Waals surface area contributed by atoms with E-state index in [4.69, 9.17) is 30.7 Å². The van der Waals surface area contributed by atoms with Crippen LogP contribution in [-0.2, 0) is 0 Å². The number of aromatic nitrogens is 2. The lowest BCUT2D eigenvalue weighted by atomic mass is 10.1. The normalized spacial score (nSPS) is 14.4. The highest BCUT2D eigenvalue weighted by Gasteiger charge is 2.28. The van der Waals surface area contributed by atoms with Gasteiger partial charge in [0.1, 0.15) is 22.8 Å². The first-order chi connectivity index (χ1) is 20.1.